The molecule has 1 aliphatic heterocycles. The summed E-state index contributed by atoms with van der Waals surface area (Å²) in [7, 11) is -4.49. The van der Waals surface area contributed by atoms with Crippen molar-refractivity contribution in [3.8, 4) is 0 Å². The van der Waals surface area contributed by atoms with E-state index in [1.165, 1.54) is 115 Å². The second-order valence-electron chi connectivity index (χ2n) is 11.4. The molecule has 0 amide bonds. The van der Waals surface area contributed by atoms with Crippen molar-refractivity contribution in [3.63, 3.8) is 0 Å². The number of rotatable bonds is 21. The minimum absolute atomic E-state index is 0. The third kappa shape index (κ3) is 12.9. The number of benzene rings is 2. The quantitative estimate of drug-likeness (QED) is 0.106. The Hall–Kier alpha value is -1.05. The molecule has 0 fully saturated rings. The van der Waals surface area contributed by atoms with Crippen LogP contribution in [0.5, 0.6) is 0 Å². The van der Waals surface area contributed by atoms with Crippen LogP contribution < -0.4 is 39.8 Å². The van der Waals surface area contributed by atoms with Crippen molar-refractivity contribution in [3.05, 3.63) is 54.1 Å². The number of fused-ring (bicyclic) bond motifs is 1. The van der Waals surface area contributed by atoms with Gasteiger partial charge in [-0.15, -0.1) is 0 Å². The normalized spacial score (nSPS) is 14.6. The summed E-state index contributed by atoms with van der Waals surface area (Å²) in [5.74, 6) is 0. The zero-order chi connectivity index (χ0) is 27.8. The van der Waals surface area contributed by atoms with Crippen molar-refractivity contribution in [2.24, 2.45) is 0 Å². The van der Waals surface area contributed by atoms with Crippen LogP contribution in [0.4, 0.5) is 11.4 Å². The summed E-state index contributed by atoms with van der Waals surface area (Å²) < 4.78 is 34.9. The van der Waals surface area contributed by atoms with Gasteiger partial charge in [-0.25, -0.2) is 8.42 Å². The minimum atomic E-state index is -4.49. The SMILES string of the molecule is CCCCCCCCCCCCCCCCCCCC1Nc2ccc(S(=O)(=O)[O-])cc2N1Cc1ccccc1.[Na+]. The molecule has 0 radical (unpaired) electrons. The number of hydrogen-bond donors (Lipinski definition) is 1. The second kappa shape index (κ2) is 20.0. The molecule has 1 atom stereocenters. The molecular formula is C33H51N2NaO3S. The van der Waals surface area contributed by atoms with Crippen LogP contribution in [0.15, 0.2) is 53.4 Å². The molecule has 3 rings (SSSR count). The molecule has 40 heavy (non-hydrogen) atoms. The molecule has 0 saturated carbocycles. The van der Waals surface area contributed by atoms with Gasteiger partial charge in [-0.1, -0.05) is 140 Å². The van der Waals surface area contributed by atoms with Crippen molar-refractivity contribution >= 4 is 21.5 Å². The molecule has 2 aromatic carbocycles. The minimum Gasteiger partial charge on any atom is -0.744 e. The van der Waals surface area contributed by atoms with Gasteiger partial charge in [0.2, 0.25) is 0 Å². The average Bonchev–Trinajstić information content (AvgIpc) is 3.26. The molecule has 1 heterocycles. The Morgan fingerprint density at radius 1 is 0.725 bits per heavy atom. The van der Waals surface area contributed by atoms with Gasteiger partial charge in [-0.05, 0) is 36.6 Å². The van der Waals surface area contributed by atoms with Gasteiger partial charge in [0.1, 0.15) is 10.1 Å². The summed E-state index contributed by atoms with van der Waals surface area (Å²) in [6.45, 7) is 2.95. The third-order valence-corrected chi connectivity index (χ3v) is 8.87. The van der Waals surface area contributed by atoms with Crippen LogP contribution in [0.25, 0.3) is 0 Å². The van der Waals surface area contributed by atoms with Gasteiger partial charge in [0.05, 0.1) is 22.4 Å². The molecule has 1 N–H and O–H groups in total. The zero-order valence-electron chi connectivity index (χ0n) is 25.2. The van der Waals surface area contributed by atoms with Crippen LogP contribution in [0.2, 0.25) is 0 Å². The van der Waals surface area contributed by atoms with Crippen LogP contribution in [-0.2, 0) is 16.7 Å². The Morgan fingerprint density at radius 3 is 1.73 bits per heavy atom. The first-order valence-corrected chi connectivity index (χ1v) is 17.1. The molecule has 2 aromatic rings. The van der Waals surface area contributed by atoms with Gasteiger partial charge < -0.3 is 14.8 Å². The van der Waals surface area contributed by atoms with Crippen LogP contribution in [0.3, 0.4) is 0 Å². The smallest absolute Gasteiger partial charge is 0.744 e. The van der Waals surface area contributed by atoms with Crippen molar-refractivity contribution < 1.29 is 42.5 Å². The summed E-state index contributed by atoms with van der Waals surface area (Å²) in [4.78, 5) is 2.05. The van der Waals surface area contributed by atoms with E-state index in [0.717, 1.165) is 29.8 Å². The van der Waals surface area contributed by atoms with Crippen LogP contribution in [0, 0.1) is 0 Å². The summed E-state index contributed by atoms with van der Waals surface area (Å²) in [6, 6.07) is 14.9. The summed E-state index contributed by atoms with van der Waals surface area (Å²) in [5.41, 5.74) is 2.86. The topological polar surface area (TPSA) is 72.5 Å². The first kappa shape index (κ1) is 35.1. The average molecular weight is 579 g/mol. The van der Waals surface area contributed by atoms with Gasteiger partial charge in [0.15, 0.2) is 0 Å². The Labute approximate surface area is 266 Å². The fourth-order valence-electron chi connectivity index (χ4n) is 5.72. The predicted molar refractivity (Wildman–Crippen MR) is 163 cm³/mol. The van der Waals surface area contributed by atoms with Crippen LogP contribution >= 0.6 is 0 Å². The van der Waals surface area contributed by atoms with E-state index in [1.807, 2.05) is 18.2 Å². The number of unbranched alkanes of at least 4 members (excludes halogenated alkanes) is 16. The van der Waals surface area contributed by atoms with Gasteiger partial charge >= 0.3 is 29.6 Å². The first-order chi connectivity index (χ1) is 19.0. The molecule has 0 bridgehead atoms. The fourth-order valence-corrected chi connectivity index (χ4v) is 6.21. The van der Waals surface area contributed by atoms with Gasteiger partial charge in [-0.3, -0.25) is 0 Å². The molecule has 7 heteroatoms. The largest absolute Gasteiger partial charge is 1.00 e. The van der Waals surface area contributed by atoms with Gasteiger partial charge in [0, 0.05) is 6.54 Å². The molecule has 0 spiro atoms. The molecule has 0 aliphatic carbocycles. The molecule has 0 aromatic heterocycles. The molecule has 0 saturated heterocycles. The van der Waals surface area contributed by atoms with E-state index in [-0.39, 0.29) is 40.6 Å². The van der Waals surface area contributed by atoms with Crippen LogP contribution in [0.1, 0.15) is 128 Å². The van der Waals surface area contributed by atoms with Gasteiger partial charge in [-0.2, -0.15) is 0 Å². The van der Waals surface area contributed by atoms with Gasteiger partial charge in [0.25, 0.3) is 0 Å². The molecule has 218 valence electrons. The summed E-state index contributed by atoms with van der Waals surface area (Å²) in [6.07, 6.45) is 24.2. The van der Waals surface area contributed by atoms with E-state index in [4.69, 9.17) is 0 Å². The maximum atomic E-state index is 11.6. The summed E-state index contributed by atoms with van der Waals surface area (Å²) in [5, 5.41) is 3.57. The maximum Gasteiger partial charge on any atom is 1.00 e. The fraction of sp³-hybridized carbons (Fsp3) is 0.636. The molecule has 1 aliphatic rings. The predicted octanol–water partition coefficient (Wildman–Crippen LogP) is 6.39. The number of nitrogens with zero attached hydrogens (tertiary/aromatic N) is 1. The second-order valence-corrected chi connectivity index (χ2v) is 12.7. The van der Waals surface area contributed by atoms with E-state index in [0.29, 0.717) is 6.54 Å². The molecule has 1 unspecified atom stereocenters. The molecule has 5 nitrogen and oxygen atoms in total. The van der Waals surface area contributed by atoms with E-state index in [2.05, 4.69) is 29.3 Å². The molecular weight excluding hydrogens is 527 g/mol. The monoisotopic (exact) mass is 578 g/mol. The van der Waals surface area contributed by atoms with Crippen molar-refractivity contribution in [2.75, 3.05) is 10.2 Å². The van der Waals surface area contributed by atoms with E-state index < -0.39 is 10.1 Å². The Morgan fingerprint density at radius 2 is 1.23 bits per heavy atom. The Bertz CT molecular complexity index is 1050. The van der Waals surface area contributed by atoms with Crippen molar-refractivity contribution in [2.45, 2.75) is 140 Å². The number of nitrogens with one attached hydrogen (secondary N) is 1. The summed E-state index contributed by atoms with van der Waals surface area (Å²) >= 11 is 0. The third-order valence-electron chi connectivity index (χ3n) is 8.04. The number of anilines is 2. The van der Waals surface area contributed by atoms with Crippen molar-refractivity contribution in [1.29, 1.82) is 0 Å². The maximum absolute atomic E-state index is 11.6. The first-order valence-electron chi connectivity index (χ1n) is 15.7. The number of hydrogen-bond acceptors (Lipinski definition) is 5. The standard InChI is InChI=1S/C33H52N2O3S.Na/c1-2-3-4-5-6-7-8-9-10-11-12-13-14-15-16-17-21-24-33-34-31-26-25-30(39(36,37)38)27-32(31)35(33)28-29-22-19-18-20-23-29;/h18-20,22-23,25-27,33-34H,2-17,21,24,28H2,1H3,(H,36,37,38);/q;+1/p-1. The Kier molecular flexibility index (Phi) is 17.5. The zero-order valence-corrected chi connectivity index (χ0v) is 28.0. The Balaban J connectivity index is 0.00000560. The van der Waals surface area contributed by atoms with E-state index in [1.54, 1.807) is 6.07 Å². The van der Waals surface area contributed by atoms with E-state index >= 15 is 0 Å². The van der Waals surface area contributed by atoms with Crippen molar-refractivity contribution in [1.82, 2.24) is 0 Å². The van der Waals surface area contributed by atoms with E-state index in [9.17, 15) is 13.0 Å². The van der Waals surface area contributed by atoms with Crippen LogP contribution in [-0.4, -0.2) is 19.1 Å².